The van der Waals surface area contributed by atoms with E-state index in [-0.39, 0.29) is 13.0 Å². The van der Waals surface area contributed by atoms with E-state index in [9.17, 15) is 13.9 Å². The third kappa shape index (κ3) is 14.0. The molecule has 0 aliphatic heterocycles. The van der Waals surface area contributed by atoms with Gasteiger partial charge in [0.1, 0.15) is 12.6 Å². The third-order valence-electron chi connectivity index (χ3n) is 2.13. The van der Waals surface area contributed by atoms with Crippen molar-refractivity contribution in [2.24, 2.45) is 0 Å². The summed E-state index contributed by atoms with van der Waals surface area (Å²) < 4.78 is 21.7. The lowest BCUT2D eigenvalue weighted by Gasteiger charge is -2.22. The zero-order valence-electron chi connectivity index (χ0n) is 10.3. The predicted molar refractivity (Wildman–Crippen MR) is 66.6 cm³/mol. The molecule has 0 spiro atoms. The monoisotopic (exact) mass is 319 g/mol. The fourth-order valence-corrected chi connectivity index (χ4v) is 3.18. The molecule has 0 saturated carbocycles. The van der Waals surface area contributed by atoms with E-state index in [0.717, 1.165) is 4.90 Å². The molecule has 0 radical (unpaired) electrons. The van der Waals surface area contributed by atoms with Crippen LogP contribution in [0.4, 0.5) is 0 Å². The van der Waals surface area contributed by atoms with Gasteiger partial charge in [-0.1, -0.05) is 6.42 Å². The minimum Gasteiger partial charge on any atom is -0.481 e. The molecule has 0 saturated heterocycles. The van der Waals surface area contributed by atoms with Gasteiger partial charge in [0.25, 0.3) is 0 Å². The van der Waals surface area contributed by atoms with E-state index in [1.54, 1.807) is 0 Å². The lowest BCUT2D eigenvalue weighted by atomic mass is 10.2. The summed E-state index contributed by atoms with van der Waals surface area (Å²) in [6.07, 6.45) is -0.127. The smallest absolute Gasteiger partial charge is 0.339 e. The molecular formula is C8H19NO8P2. The molecule has 9 nitrogen and oxygen atoms in total. The van der Waals surface area contributed by atoms with Crippen molar-refractivity contribution < 1.29 is 38.6 Å². The second kappa shape index (κ2) is 8.11. The highest BCUT2D eigenvalue weighted by Crippen LogP contribution is 2.40. The molecule has 0 unspecified atom stereocenters. The summed E-state index contributed by atoms with van der Waals surface area (Å²) in [7, 11) is -8.78. The second-order valence-electron chi connectivity index (χ2n) is 4.21. The van der Waals surface area contributed by atoms with Gasteiger partial charge >= 0.3 is 21.2 Å². The van der Waals surface area contributed by atoms with Crippen LogP contribution in [0.3, 0.4) is 0 Å². The molecule has 0 aliphatic carbocycles. The van der Waals surface area contributed by atoms with Crippen LogP contribution in [0.25, 0.3) is 0 Å². The second-order valence-corrected chi connectivity index (χ2v) is 7.44. The number of unbranched alkanes of at least 4 members (excludes halogenated alkanes) is 2. The first-order valence-electron chi connectivity index (χ1n) is 5.53. The van der Waals surface area contributed by atoms with Gasteiger partial charge in [-0.25, -0.2) is 0 Å². The summed E-state index contributed by atoms with van der Waals surface area (Å²) in [5.74, 6) is -0.928. The summed E-state index contributed by atoms with van der Waals surface area (Å²) in [5, 5.41) is 8.41. The van der Waals surface area contributed by atoms with Crippen molar-refractivity contribution in [3.05, 3.63) is 0 Å². The van der Waals surface area contributed by atoms with Crippen molar-refractivity contribution in [3.8, 4) is 0 Å². The highest BCUT2D eigenvalue weighted by molar-refractivity contribution is 7.52. The molecule has 114 valence electrons. The molecule has 11 heteroatoms. The van der Waals surface area contributed by atoms with E-state index in [1.165, 1.54) is 0 Å². The summed E-state index contributed by atoms with van der Waals surface area (Å²) >= 11 is 0. The van der Waals surface area contributed by atoms with Crippen LogP contribution in [0.5, 0.6) is 0 Å². The third-order valence-corrected chi connectivity index (χ3v) is 3.67. The van der Waals surface area contributed by atoms with Gasteiger partial charge in [-0.3, -0.25) is 18.8 Å². The summed E-state index contributed by atoms with van der Waals surface area (Å²) in [6.45, 7) is 0.0931. The van der Waals surface area contributed by atoms with Gasteiger partial charge in [0.05, 0.1) is 0 Å². The van der Waals surface area contributed by atoms with Crippen molar-refractivity contribution in [2.75, 3.05) is 19.1 Å². The molecule has 0 aromatic rings. The van der Waals surface area contributed by atoms with Crippen LogP contribution < -0.4 is 0 Å². The van der Waals surface area contributed by atoms with E-state index < -0.39 is 33.7 Å². The van der Waals surface area contributed by atoms with Crippen LogP contribution in [0.15, 0.2) is 0 Å². The Morgan fingerprint density at radius 2 is 1.37 bits per heavy atom. The van der Waals surface area contributed by atoms with Crippen molar-refractivity contribution in [2.45, 2.75) is 25.7 Å². The highest BCUT2D eigenvalue weighted by atomic mass is 31.2. The Hall–Kier alpha value is -0.270. The van der Waals surface area contributed by atoms with Gasteiger partial charge in [-0.05, 0) is 19.4 Å². The number of nitrogens with zero attached hydrogens (tertiary/aromatic N) is 1. The lowest BCUT2D eigenvalue weighted by molar-refractivity contribution is -0.137. The van der Waals surface area contributed by atoms with E-state index in [1.807, 2.05) is 0 Å². The molecule has 0 aliphatic rings. The van der Waals surface area contributed by atoms with Crippen molar-refractivity contribution in [1.82, 2.24) is 4.90 Å². The standard InChI is InChI=1S/C8H19NO8P2/c10-8(11)4-2-1-3-5-9(6-18(12,13)14)7-19(15,16)17/h1-7H2,(H,10,11)(H2,12,13,14)(H2,15,16,17). The fraction of sp³-hybridized carbons (Fsp3) is 0.875. The van der Waals surface area contributed by atoms with E-state index >= 15 is 0 Å². The molecule has 5 N–H and O–H groups in total. The van der Waals surface area contributed by atoms with Crippen LogP contribution in [-0.2, 0) is 13.9 Å². The Kier molecular flexibility index (Phi) is 8.00. The average molecular weight is 319 g/mol. The SMILES string of the molecule is O=C(O)CCCCCN(CP(=O)(O)O)CP(=O)(O)O. The minimum absolute atomic E-state index is 0.00299. The molecular weight excluding hydrogens is 300 g/mol. The molecule has 0 aromatic carbocycles. The van der Waals surface area contributed by atoms with Crippen molar-refractivity contribution in [3.63, 3.8) is 0 Å². The Bertz CT molecular complexity index is 351. The molecule has 0 aromatic heterocycles. The number of hydrogen-bond acceptors (Lipinski definition) is 4. The average Bonchev–Trinajstić information content (AvgIpc) is 2.10. The van der Waals surface area contributed by atoms with Gasteiger partial charge in [0, 0.05) is 6.42 Å². The first kappa shape index (κ1) is 18.7. The van der Waals surface area contributed by atoms with Crippen molar-refractivity contribution in [1.29, 1.82) is 0 Å². The maximum atomic E-state index is 10.8. The largest absolute Gasteiger partial charge is 0.481 e. The Morgan fingerprint density at radius 3 is 1.74 bits per heavy atom. The van der Waals surface area contributed by atoms with Gasteiger partial charge < -0.3 is 24.7 Å². The van der Waals surface area contributed by atoms with Gasteiger partial charge in [0.15, 0.2) is 0 Å². The fourth-order valence-electron chi connectivity index (χ4n) is 1.50. The number of rotatable bonds is 10. The number of hydrogen-bond donors (Lipinski definition) is 5. The highest BCUT2D eigenvalue weighted by Gasteiger charge is 2.25. The van der Waals surface area contributed by atoms with Crippen LogP contribution in [-0.4, -0.2) is 54.7 Å². The molecule has 0 bridgehead atoms. The predicted octanol–water partition coefficient (Wildman–Crippen LogP) is 0.204. The summed E-state index contributed by atoms with van der Waals surface area (Å²) in [5.41, 5.74) is 0. The molecule has 0 atom stereocenters. The normalized spacial score (nSPS) is 12.9. The zero-order chi connectivity index (χ0) is 15.1. The Balaban J connectivity index is 4.16. The van der Waals surface area contributed by atoms with Crippen LogP contribution >= 0.6 is 15.2 Å². The quantitative estimate of drug-likeness (QED) is 0.280. The van der Waals surface area contributed by atoms with E-state index in [0.29, 0.717) is 19.3 Å². The molecule has 0 heterocycles. The summed E-state index contributed by atoms with van der Waals surface area (Å²) in [6, 6.07) is 0. The first-order valence-corrected chi connectivity index (χ1v) is 9.12. The Morgan fingerprint density at radius 1 is 0.895 bits per heavy atom. The maximum absolute atomic E-state index is 10.8. The van der Waals surface area contributed by atoms with E-state index in [4.69, 9.17) is 24.7 Å². The minimum atomic E-state index is -4.39. The molecule has 0 amide bonds. The van der Waals surface area contributed by atoms with Crippen LogP contribution in [0.2, 0.25) is 0 Å². The van der Waals surface area contributed by atoms with Crippen molar-refractivity contribution >= 4 is 21.2 Å². The van der Waals surface area contributed by atoms with Crippen LogP contribution in [0, 0.1) is 0 Å². The molecule has 0 fully saturated rings. The van der Waals surface area contributed by atoms with Crippen LogP contribution in [0.1, 0.15) is 25.7 Å². The van der Waals surface area contributed by atoms with Gasteiger partial charge in [0.2, 0.25) is 0 Å². The lowest BCUT2D eigenvalue weighted by Crippen LogP contribution is -2.27. The van der Waals surface area contributed by atoms with E-state index in [2.05, 4.69) is 0 Å². The zero-order valence-corrected chi connectivity index (χ0v) is 12.0. The van der Waals surface area contributed by atoms with Gasteiger partial charge in [-0.15, -0.1) is 0 Å². The first-order chi connectivity index (χ1) is 8.49. The van der Waals surface area contributed by atoms with Gasteiger partial charge in [-0.2, -0.15) is 0 Å². The topological polar surface area (TPSA) is 156 Å². The molecule has 19 heavy (non-hydrogen) atoms. The maximum Gasteiger partial charge on any atom is 0.339 e. The Labute approximate surface area is 110 Å². The number of carbonyl (C=O) groups is 1. The molecule has 0 rings (SSSR count). The number of carboxylic acid groups (broad SMARTS) is 1. The number of aliphatic carboxylic acids is 1. The summed E-state index contributed by atoms with van der Waals surface area (Å²) in [4.78, 5) is 46.5. The number of carboxylic acids is 1.